The number of rotatable bonds is 2. The van der Waals surface area contributed by atoms with Crippen molar-refractivity contribution in [1.82, 2.24) is 0 Å². The van der Waals surface area contributed by atoms with Gasteiger partial charge in [0.15, 0.2) is 5.41 Å². The van der Waals surface area contributed by atoms with E-state index in [4.69, 9.17) is 4.74 Å². The van der Waals surface area contributed by atoms with Gasteiger partial charge >= 0.3 is 0 Å². The van der Waals surface area contributed by atoms with Gasteiger partial charge in [-0.25, -0.2) is 0 Å². The number of ether oxygens (including phenoxy) is 1. The van der Waals surface area contributed by atoms with Crippen LogP contribution in [0.5, 0.6) is 5.75 Å². The lowest BCUT2D eigenvalue weighted by molar-refractivity contribution is 0.385. The van der Waals surface area contributed by atoms with Crippen LogP contribution in [0.15, 0.2) is 48.1 Å². The zero-order chi connectivity index (χ0) is 16.3. The zero-order valence-electron chi connectivity index (χ0n) is 13.3. The summed E-state index contributed by atoms with van der Waals surface area (Å²) in [6, 6.07) is 12.6. The second-order valence-electron chi connectivity index (χ2n) is 6.23. The minimum atomic E-state index is -1.02. The smallest absolute Gasteiger partial charge is 0.168 e. The van der Waals surface area contributed by atoms with Crippen molar-refractivity contribution >= 4 is 0 Å². The summed E-state index contributed by atoms with van der Waals surface area (Å²) in [5.74, 6) is 1.22. The second-order valence-corrected chi connectivity index (χ2v) is 6.23. The predicted molar refractivity (Wildman–Crippen MR) is 88.6 cm³/mol. The molecule has 0 radical (unpaired) electrons. The largest absolute Gasteiger partial charge is 0.496 e. The molecule has 3 rings (SSSR count). The molecule has 1 aromatic carbocycles. The lowest BCUT2D eigenvalue weighted by atomic mass is 9.67. The molecule has 0 aliphatic heterocycles. The van der Waals surface area contributed by atoms with Gasteiger partial charge in [0.05, 0.1) is 19.2 Å². The maximum absolute atomic E-state index is 9.69. The van der Waals surface area contributed by atoms with Gasteiger partial charge in [-0.15, -0.1) is 0 Å². The van der Waals surface area contributed by atoms with E-state index in [-0.39, 0.29) is 11.8 Å². The molecule has 2 aliphatic rings. The average Bonchev–Trinajstić information content (AvgIpc) is 2.79. The summed E-state index contributed by atoms with van der Waals surface area (Å²) in [6.07, 6.45) is 9.82. The van der Waals surface area contributed by atoms with Crippen LogP contribution in [0.2, 0.25) is 0 Å². The SMILES string of the molecule is COc1ccccc1C1C=CCC(C#N)(C#N)C2=CCCCC21. The standard InChI is InChI=1S/C20H20N2O/c1-23-19-11-5-3-8-17(19)15-9-6-12-20(13-21,14-22)18-10-4-2-7-16(15)18/h3,5-6,8-11,15-16H,2,4,7,12H2,1H3. The first-order valence-electron chi connectivity index (χ1n) is 8.08. The van der Waals surface area contributed by atoms with Crippen LogP contribution < -0.4 is 4.74 Å². The molecule has 23 heavy (non-hydrogen) atoms. The van der Waals surface area contributed by atoms with Crippen molar-refractivity contribution < 1.29 is 4.74 Å². The molecule has 2 unspecified atom stereocenters. The van der Waals surface area contributed by atoms with Gasteiger partial charge in [0.25, 0.3) is 0 Å². The first-order valence-corrected chi connectivity index (χ1v) is 8.08. The predicted octanol–water partition coefficient (Wildman–Crippen LogP) is 4.50. The Balaban J connectivity index is 2.11. The van der Waals surface area contributed by atoms with Gasteiger partial charge in [0.2, 0.25) is 0 Å². The van der Waals surface area contributed by atoms with Crippen molar-refractivity contribution in [2.24, 2.45) is 11.3 Å². The van der Waals surface area contributed by atoms with Gasteiger partial charge in [-0.2, -0.15) is 10.5 Å². The first-order chi connectivity index (χ1) is 11.3. The lowest BCUT2D eigenvalue weighted by Gasteiger charge is -2.34. The van der Waals surface area contributed by atoms with Crippen LogP contribution in [0.3, 0.4) is 0 Å². The quantitative estimate of drug-likeness (QED) is 0.756. The Labute approximate surface area is 137 Å². The molecule has 0 aromatic heterocycles. The Kier molecular flexibility index (Phi) is 4.22. The second kappa shape index (κ2) is 6.31. The molecule has 0 spiro atoms. The lowest BCUT2D eigenvalue weighted by Crippen LogP contribution is -2.27. The average molecular weight is 304 g/mol. The third kappa shape index (κ3) is 2.53. The molecule has 0 saturated heterocycles. The van der Waals surface area contributed by atoms with Gasteiger partial charge in [0.1, 0.15) is 5.75 Å². The number of hydrogen-bond donors (Lipinski definition) is 0. The molecule has 0 saturated carbocycles. The number of methoxy groups -OCH3 is 1. The number of para-hydroxylation sites is 1. The maximum Gasteiger partial charge on any atom is 0.168 e. The van der Waals surface area contributed by atoms with Crippen LogP contribution in [-0.4, -0.2) is 7.11 Å². The molecular weight excluding hydrogens is 284 g/mol. The molecule has 0 N–H and O–H groups in total. The van der Waals surface area contributed by atoms with Crippen LogP contribution in [0.25, 0.3) is 0 Å². The van der Waals surface area contributed by atoms with E-state index in [1.807, 2.05) is 24.3 Å². The van der Waals surface area contributed by atoms with Crippen molar-refractivity contribution in [3.63, 3.8) is 0 Å². The molecule has 116 valence electrons. The van der Waals surface area contributed by atoms with E-state index in [0.717, 1.165) is 36.1 Å². The molecular formula is C20H20N2O. The van der Waals surface area contributed by atoms with E-state index >= 15 is 0 Å². The number of benzene rings is 1. The zero-order valence-corrected chi connectivity index (χ0v) is 13.3. The Morgan fingerprint density at radius 3 is 2.74 bits per heavy atom. The summed E-state index contributed by atoms with van der Waals surface area (Å²) in [4.78, 5) is 0. The van der Waals surface area contributed by atoms with Gasteiger partial charge in [-0.1, -0.05) is 36.4 Å². The molecule has 0 heterocycles. The fourth-order valence-electron chi connectivity index (χ4n) is 3.92. The minimum Gasteiger partial charge on any atom is -0.496 e. The summed E-state index contributed by atoms with van der Waals surface area (Å²) in [6.45, 7) is 0. The van der Waals surface area contributed by atoms with Crippen molar-refractivity contribution in [2.75, 3.05) is 7.11 Å². The highest BCUT2D eigenvalue weighted by Crippen LogP contribution is 2.50. The van der Waals surface area contributed by atoms with Gasteiger partial charge in [0, 0.05) is 17.9 Å². The maximum atomic E-state index is 9.69. The van der Waals surface area contributed by atoms with Crippen molar-refractivity contribution in [2.45, 2.75) is 31.6 Å². The number of allylic oxidation sites excluding steroid dienone is 4. The molecule has 0 fully saturated rings. The van der Waals surface area contributed by atoms with Crippen LogP contribution in [0.4, 0.5) is 0 Å². The third-order valence-electron chi connectivity index (χ3n) is 5.06. The van der Waals surface area contributed by atoms with E-state index in [2.05, 4.69) is 30.4 Å². The van der Waals surface area contributed by atoms with Crippen LogP contribution in [0.1, 0.15) is 37.2 Å². The summed E-state index contributed by atoms with van der Waals surface area (Å²) in [7, 11) is 1.69. The van der Waals surface area contributed by atoms with E-state index in [1.54, 1.807) is 7.11 Å². The van der Waals surface area contributed by atoms with Gasteiger partial charge in [-0.3, -0.25) is 0 Å². The Bertz CT molecular complexity index is 719. The van der Waals surface area contributed by atoms with Crippen molar-refractivity contribution in [1.29, 1.82) is 10.5 Å². The van der Waals surface area contributed by atoms with Crippen LogP contribution in [-0.2, 0) is 0 Å². The van der Waals surface area contributed by atoms with Crippen molar-refractivity contribution in [3.8, 4) is 17.9 Å². The highest BCUT2D eigenvalue weighted by Gasteiger charge is 2.43. The monoisotopic (exact) mass is 304 g/mol. The van der Waals surface area contributed by atoms with E-state index < -0.39 is 5.41 Å². The number of hydrogen-bond acceptors (Lipinski definition) is 3. The Hall–Kier alpha value is -2.52. The van der Waals surface area contributed by atoms with E-state index in [9.17, 15) is 10.5 Å². The summed E-state index contributed by atoms with van der Waals surface area (Å²) < 4.78 is 5.54. The minimum absolute atomic E-state index is 0.154. The molecule has 1 aromatic rings. The van der Waals surface area contributed by atoms with Gasteiger partial charge < -0.3 is 4.74 Å². The fourth-order valence-corrected chi connectivity index (χ4v) is 3.92. The highest BCUT2D eigenvalue weighted by molar-refractivity contribution is 5.46. The van der Waals surface area contributed by atoms with Crippen LogP contribution in [0, 0.1) is 34.0 Å². The summed E-state index contributed by atoms with van der Waals surface area (Å²) in [5, 5.41) is 19.4. The molecule has 2 aliphatic carbocycles. The summed E-state index contributed by atoms with van der Waals surface area (Å²) in [5.41, 5.74) is 1.13. The normalized spacial score (nSPS) is 25.3. The molecule has 3 heteroatoms. The third-order valence-corrected chi connectivity index (χ3v) is 5.06. The van der Waals surface area contributed by atoms with Gasteiger partial charge in [-0.05, 0) is 36.8 Å². The number of nitriles is 2. The Morgan fingerprint density at radius 1 is 1.22 bits per heavy atom. The van der Waals surface area contributed by atoms with E-state index in [0.29, 0.717) is 6.42 Å². The topological polar surface area (TPSA) is 56.8 Å². The molecule has 0 amide bonds. The van der Waals surface area contributed by atoms with Crippen molar-refractivity contribution in [3.05, 3.63) is 53.6 Å². The molecule has 2 atom stereocenters. The highest BCUT2D eigenvalue weighted by atomic mass is 16.5. The number of nitrogens with zero attached hydrogens (tertiary/aromatic N) is 2. The summed E-state index contributed by atoms with van der Waals surface area (Å²) >= 11 is 0. The first kappa shape index (κ1) is 15.4. The fraction of sp³-hybridized carbons (Fsp3) is 0.400. The molecule has 3 nitrogen and oxygen atoms in total. The molecule has 0 bridgehead atoms. The Morgan fingerprint density at radius 2 is 2.00 bits per heavy atom. The van der Waals surface area contributed by atoms with E-state index in [1.165, 1.54) is 0 Å². The number of fused-ring (bicyclic) bond motifs is 1. The van der Waals surface area contributed by atoms with Crippen LogP contribution >= 0.6 is 0 Å².